The number of rotatable bonds is 3. The molecular weight excluding hydrogens is 358 g/mol. The average Bonchev–Trinajstić information content (AvgIpc) is 2.79. The molecule has 146 valence electrons. The highest BCUT2D eigenvalue weighted by Gasteiger charge is 2.25. The first-order chi connectivity index (χ1) is 13.7. The van der Waals surface area contributed by atoms with Crippen molar-refractivity contribution in [2.45, 2.75) is 0 Å². The highest BCUT2D eigenvalue weighted by Crippen LogP contribution is 2.15. The molecule has 0 unspecified atom stereocenters. The van der Waals surface area contributed by atoms with Crippen molar-refractivity contribution in [2.24, 2.45) is 0 Å². The van der Waals surface area contributed by atoms with Gasteiger partial charge >= 0.3 is 0 Å². The van der Waals surface area contributed by atoms with Crippen LogP contribution in [0.3, 0.4) is 0 Å². The summed E-state index contributed by atoms with van der Waals surface area (Å²) in [6.45, 7) is 4.87. The Morgan fingerprint density at radius 1 is 0.857 bits per heavy atom. The van der Waals surface area contributed by atoms with E-state index in [-0.39, 0.29) is 11.8 Å². The first-order valence-electron chi connectivity index (χ1n) is 9.50. The number of nitrogens with zero attached hydrogens (tertiary/aromatic N) is 5. The molecular formula is C20H23N5O3. The quantitative estimate of drug-likeness (QED) is 0.787. The Morgan fingerprint density at radius 2 is 1.50 bits per heavy atom. The highest BCUT2D eigenvalue weighted by atomic mass is 16.5. The highest BCUT2D eigenvalue weighted by molar-refractivity contribution is 5.99. The lowest BCUT2D eigenvalue weighted by molar-refractivity contribution is 0.0302. The third-order valence-electron chi connectivity index (χ3n) is 5.07. The third kappa shape index (κ3) is 3.96. The number of anilines is 1. The Balaban J connectivity index is 1.40. The summed E-state index contributed by atoms with van der Waals surface area (Å²) >= 11 is 0. The number of hydrogen-bond donors (Lipinski definition) is 0. The number of ether oxygens (including phenoxy) is 1. The average molecular weight is 381 g/mol. The molecule has 0 atom stereocenters. The minimum atomic E-state index is -0.106. The van der Waals surface area contributed by atoms with Crippen molar-refractivity contribution >= 4 is 17.6 Å². The lowest BCUT2D eigenvalue weighted by Crippen LogP contribution is -2.49. The lowest BCUT2D eigenvalue weighted by Gasteiger charge is -2.35. The van der Waals surface area contributed by atoms with Crippen LogP contribution in [-0.2, 0) is 4.74 Å². The molecule has 2 amide bonds. The summed E-state index contributed by atoms with van der Waals surface area (Å²) in [5, 5.41) is 0. The Hall–Kier alpha value is -3.00. The van der Waals surface area contributed by atoms with Crippen LogP contribution in [0.4, 0.5) is 5.82 Å². The molecule has 0 saturated carbocycles. The number of morpholine rings is 1. The van der Waals surface area contributed by atoms with E-state index in [0.29, 0.717) is 50.5 Å². The largest absolute Gasteiger partial charge is 0.378 e. The first kappa shape index (κ1) is 18.4. The topological polar surface area (TPSA) is 78.9 Å². The van der Waals surface area contributed by atoms with Crippen LogP contribution in [-0.4, -0.2) is 84.1 Å². The summed E-state index contributed by atoms with van der Waals surface area (Å²) in [5.74, 6) is 0.726. The summed E-state index contributed by atoms with van der Waals surface area (Å²) < 4.78 is 5.29. The number of carbonyl (C=O) groups is 2. The maximum Gasteiger partial charge on any atom is 0.255 e. The van der Waals surface area contributed by atoms with Gasteiger partial charge in [0.05, 0.1) is 24.3 Å². The van der Waals surface area contributed by atoms with Crippen LogP contribution < -0.4 is 4.90 Å². The maximum atomic E-state index is 12.9. The summed E-state index contributed by atoms with van der Waals surface area (Å²) in [6.07, 6.45) is 4.83. The number of carbonyl (C=O) groups excluding carboxylic acids is 2. The SMILES string of the molecule is O=C(c1cncc(C(=O)N2CCN(c3ccccn3)CC2)c1)N1CCOCC1. The van der Waals surface area contributed by atoms with Gasteiger partial charge in [0.1, 0.15) is 5.82 Å². The zero-order chi connectivity index (χ0) is 19.3. The van der Waals surface area contributed by atoms with Gasteiger partial charge in [-0.05, 0) is 18.2 Å². The van der Waals surface area contributed by atoms with Gasteiger partial charge < -0.3 is 19.4 Å². The number of piperazine rings is 1. The molecule has 4 heterocycles. The molecule has 2 aromatic heterocycles. The van der Waals surface area contributed by atoms with Gasteiger partial charge in [-0.1, -0.05) is 6.07 Å². The summed E-state index contributed by atoms with van der Waals surface area (Å²) in [5.41, 5.74) is 0.894. The number of hydrogen-bond acceptors (Lipinski definition) is 6. The van der Waals surface area contributed by atoms with E-state index in [2.05, 4.69) is 14.9 Å². The van der Waals surface area contributed by atoms with Crippen molar-refractivity contribution in [2.75, 3.05) is 57.4 Å². The second kappa shape index (κ2) is 8.35. The molecule has 0 N–H and O–H groups in total. The second-order valence-electron chi connectivity index (χ2n) is 6.83. The predicted octanol–water partition coefficient (Wildman–Crippen LogP) is 0.911. The molecule has 0 aliphatic carbocycles. The van der Waals surface area contributed by atoms with Crippen molar-refractivity contribution < 1.29 is 14.3 Å². The molecule has 8 heteroatoms. The van der Waals surface area contributed by atoms with Gasteiger partial charge in [-0.2, -0.15) is 0 Å². The van der Waals surface area contributed by atoms with Crippen LogP contribution in [0.2, 0.25) is 0 Å². The molecule has 2 aliphatic heterocycles. The molecule has 0 bridgehead atoms. The van der Waals surface area contributed by atoms with Crippen molar-refractivity contribution in [3.05, 3.63) is 54.0 Å². The molecule has 0 aromatic carbocycles. The fraction of sp³-hybridized carbons (Fsp3) is 0.400. The van der Waals surface area contributed by atoms with Crippen molar-refractivity contribution in [3.63, 3.8) is 0 Å². The van der Waals surface area contributed by atoms with E-state index in [9.17, 15) is 9.59 Å². The standard InChI is InChI=1S/C20H23N5O3/c26-19(24-7-5-23(6-8-24)18-3-1-2-4-22-18)16-13-17(15-21-14-16)20(27)25-9-11-28-12-10-25/h1-4,13-15H,5-12H2. The third-order valence-corrected chi connectivity index (χ3v) is 5.07. The fourth-order valence-electron chi connectivity index (χ4n) is 3.48. The monoisotopic (exact) mass is 381 g/mol. The van der Waals surface area contributed by atoms with Gasteiger partial charge in [0.25, 0.3) is 11.8 Å². The maximum absolute atomic E-state index is 12.9. The van der Waals surface area contributed by atoms with E-state index in [1.165, 1.54) is 12.4 Å². The summed E-state index contributed by atoms with van der Waals surface area (Å²) in [7, 11) is 0. The van der Waals surface area contributed by atoms with Crippen LogP contribution >= 0.6 is 0 Å². The predicted molar refractivity (Wildman–Crippen MR) is 103 cm³/mol. The van der Waals surface area contributed by atoms with E-state index in [1.807, 2.05) is 18.2 Å². The van der Waals surface area contributed by atoms with Gasteiger partial charge in [0, 0.05) is 57.9 Å². The number of aromatic nitrogens is 2. The molecule has 2 fully saturated rings. The Kier molecular flexibility index (Phi) is 5.48. The molecule has 8 nitrogen and oxygen atoms in total. The van der Waals surface area contributed by atoms with Gasteiger partial charge in [-0.25, -0.2) is 4.98 Å². The minimum Gasteiger partial charge on any atom is -0.378 e. The molecule has 2 aromatic rings. The van der Waals surface area contributed by atoms with Gasteiger partial charge in [-0.3, -0.25) is 14.6 Å². The van der Waals surface area contributed by atoms with Gasteiger partial charge in [0.2, 0.25) is 0 Å². The van der Waals surface area contributed by atoms with Crippen molar-refractivity contribution in [1.29, 1.82) is 0 Å². The van der Waals surface area contributed by atoms with Crippen LogP contribution in [0.25, 0.3) is 0 Å². The van der Waals surface area contributed by atoms with Crippen molar-refractivity contribution in [3.8, 4) is 0 Å². The van der Waals surface area contributed by atoms with Crippen LogP contribution in [0.1, 0.15) is 20.7 Å². The smallest absolute Gasteiger partial charge is 0.255 e. The van der Waals surface area contributed by atoms with E-state index in [1.54, 1.807) is 22.1 Å². The molecule has 0 spiro atoms. The van der Waals surface area contributed by atoms with Crippen LogP contribution in [0.15, 0.2) is 42.9 Å². The zero-order valence-electron chi connectivity index (χ0n) is 15.7. The van der Waals surface area contributed by atoms with Gasteiger partial charge in [-0.15, -0.1) is 0 Å². The van der Waals surface area contributed by atoms with E-state index in [0.717, 1.165) is 18.9 Å². The van der Waals surface area contributed by atoms with E-state index in [4.69, 9.17) is 4.74 Å². The Labute approximate surface area is 163 Å². The second-order valence-corrected chi connectivity index (χ2v) is 6.83. The van der Waals surface area contributed by atoms with E-state index >= 15 is 0 Å². The zero-order valence-corrected chi connectivity index (χ0v) is 15.7. The fourth-order valence-corrected chi connectivity index (χ4v) is 3.48. The van der Waals surface area contributed by atoms with Crippen LogP contribution in [0, 0.1) is 0 Å². The molecule has 0 radical (unpaired) electrons. The molecule has 2 saturated heterocycles. The molecule has 4 rings (SSSR count). The minimum absolute atomic E-state index is 0.0928. The van der Waals surface area contributed by atoms with Crippen molar-refractivity contribution in [1.82, 2.24) is 19.8 Å². The summed E-state index contributed by atoms with van der Waals surface area (Å²) in [4.78, 5) is 39.8. The van der Waals surface area contributed by atoms with E-state index < -0.39 is 0 Å². The molecule has 2 aliphatic rings. The lowest BCUT2D eigenvalue weighted by atomic mass is 10.1. The number of amides is 2. The first-order valence-corrected chi connectivity index (χ1v) is 9.50. The normalized spacial score (nSPS) is 17.5. The Bertz CT molecular complexity index is 831. The number of pyridine rings is 2. The Morgan fingerprint density at radius 3 is 2.11 bits per heavy atom. The van der Waals surface area contributed by atoms with Gasteiger partial charge in [0.15, 0.2) is 0 Å². The summed E-state index contributed by atoms with van der Waals surface area (Å²) in [6, 6.07) is 7.48. The van der Waals surface area contributed by atoms with Crippen LogP contribution in [0.5, 0.6) is 0 Å². The molecule has 28 heavy (non-hydrogen) atoms.